The largest absolute Gasteiger partial charge is 0.366 e. The topological polar surface area (TPSA) is 27.0 Å². The minimum atomic E-state index is -0.321. The molecule has 1 atom stereocenters. The van der Waals surface area contributed by atoms with Gasteiger partial charge >= 0.3 is 0 Å². The third-order valence-corrected chi connectivity index (χ3v) is 4.07. The van der Waals surface area contributed by atoms with E-state index in [1.165, 1.54) is 6.42 Å². The number of piperidine rings is 1. The second-order valence-corrected chi connectivity index (χ2v) is 5.20. The van der Waals surface area contributed by atoms with Crippen LogP contribution in [0.2, 0.25) is 0 Å². The fraction of sp³-hybridized carbons (Fsp3) is 0.462. The summed E-state index contributed by atoms with van der Waals surface area (Å²) in [5.74, 6) is -0.321. The van der Waals surface area contributed by atoms with Crippen molar-refractivity contribution in [2.75, 3.05) is 11.4 Å². The van der Waals surface area contributed by atoms with Gasteiger partial charge in [-0.25, -0.2) is 4.39 Å². The minimum Gasteiger partial charge on any atom is -0.366 e. The van der Waals surface area contributed by atoms with Gasteiger partial charge in [0.2, 0.25) is 0 Å². The van der Waals surface area contributed by atoms with Crippen molar-refractivity contribution >= 4 is 21.6 Å². The van der Waals surface area contributed by atoms with Crippen molar-refractivity contribution in [2.24, 2.45) is 0 Å². The van der Waals surface area contributed by atoms with Crippen LogP contribution in [0, 0.1) is 17.1 Å². The van der Waals surface area contributed by atoms with Gasteiger partial charge < -0.3 is 4.90 Å². The lowest BCUT2D eigenvalue weighted by molar-refractivity contribution is 0.475. The maximum atomic E-state index is 14.2. The van der Waals surface area contributed by atoms with Crippen LogP contribution >= 0.6 is 15.9 Å². The van der Waals surface area contributed by atoms with Gasteiger partial charge in [-0.1, -0.05) is 0 Å². The molecule has 1 heterocycles. The predicted octanol–water partition coefficient (Wildman–Crippen LogP) is 3.84. The highest BCUT2D eigenvalue weighted by atomic mass is 79.9. The Morgan fingerprint density at radius 1 is 1.47 bits per heavy atom. The fourth-order valence-corrected chi connectivity index (χ4v) is 2.73. The van der Waals surface area contributed by atoms with E-state index in [1.807, 2.05) is 6.07 Å². The van der Waals surface area contributed by atoms with E-state index in [1.54, 1.807) is 12.1 Å². The lowest BCUT2D eigenvalue weighted by Gasteiger charge is -2.35. The van der Waals surface area contributed by atoms with E-state index >= 15 is 0 Å². The first-order valence-corrected chi connectivity index (χ1v) is 6.59. The molecule has 1 fully saturated rings. The molecule has 0 N–H and O–H groups in total. The molecular formula is C13H14BrFN2. The normalized spacial score (nSPS) is 20.1. The number of nitrogens with zero attached hydrogens (tertiary/aromatic N) is 2. The summed E-state index contributed by atoms with van der Waals surface area (Å²) in [5, 5.41) is 8.84. The van der Waals surface area contributed by atoms with Crippen LogP contribution in [0.5, 0.6) is 0 Å². The molecule has 0 amide bonds. The first-order chi connectivity index (χ1) is 8.15. The summed E-state index contributed by atoms with van der Waals surface area (Å²) in [6.45, 7) is 3.00. The molecule has 0 saturated carbocycles. The van der Waals surface area contributed by atoms with Crippen LogP contribution in [-0.2, 0) is 0 Å². The Kier molecular flexibility index (Phi) is 3.68. The quantitative estimate of drug-likeness (QED) is 0.787. The summed E-state index contributed by atoms with van der Waals surface area (Å²) in [7, 11) is 0. The first kappa shape index (κ1) is 12.4. The Morgan fingerprint density at radius 3 is 2.88 bits per heavy atom. The Bertz CT molecular complexity index is 467. The van der Waals surface area contributed by atoms with Crippen molar-refractivity contribution in [1.29, 1.82) is 5.26 Å². The molecule has 90 valence electrons. The lowest BCUT2D eigenvalue weighted by atomic mass is 10.0. The number of nitriles is 1. The molecule has 2 rings (SSSR count). The molecule has 1 aromatic carbocycles. The summed E-state index contributed by atoms with van der Waals surface area (Å²) < 4.78 is 14.4. The van der Waals surface area contributed by atoms with Crippen molar-refractivity contribution in [1.82, 2.24) is 0 Å². The van der Waals surface area contributed by atoms with Crippen LogP contribution < -0.4 is 4.90 Å². The number of rotatable bonds is 1. The molecule has 0 spiro atoms. The maximum Gasteiger partial charge on any atom is 0.161 e. The average molecular weight is 297 g/mol. The molecular weight excluding hydrogens is 283 g/mol. The van der Waals surface area contributed by atoms with Gasteiger partial charge in [-0.3, -0.25) is 0 Å². The zero-order chi connectivity index (χ0) is 12.4. The van der Waals surface area contributed by atoms with Crippen molar-refractivity contribution in [3.8, 4) is 6.07 Å². The van der Waals surface area contributed by atoms with Gasteiger partial charge in [0.05, 0.1) is 15.7 Å². The van der Waals surface area contributed by atoms with Gasteiger partial charge in [0.1, 0.15) is 6.07 Å². The minimum absolute atomic E-state index is 0.273. The van der Waals surface area contributed by atoms with Gasteiger partial charge in [-0.05, 0) is 54.2 Å². The number of halogens is 2. The second-order valence-electron chi connectivity index (χ2n) is 4.41. The molecule has 0 radical (unpaired) electrons. The second kappa shape index (κ2) is 5.05. The SMILES string of the molecule is CC1CCCCN1c1ccc(C#N)c(Br)c1F. The van der Waals surface area contributed by atoms with Crippen molar-refractivity contribution in [2.45, 2.75) is 32.2 Å². The van der Waals surface area contributed by atoms with Crippen molar-refractivity contribution in [3.63, 3.8) is 0 Å². The Labute approximate surface area is 109 Å². The van der Waals surface area contributed by atoms with E-state index in [4.69, 9.17) is 5.26 Å². The third-order valence-electron chi connectivity index (χ3n) is 3.29. The molecule has 0 aromatic heterocycles. The maximum absolute atomic E-state index is 14.2. The van der Waals surface area contributed by atoms with E-state index in [0.717, 1.165) is 19.4 Å². The third kappa shape index (κ3) is 2.30. The summed E-state index contributed by atoms with van der Waals surface area (Å²) in [6, 6.07) is 5.71. The molecule has 0 aliphatic carbocycles. The van der Waals surface area contributed by atoms with E-state index < -0.39 is 0 Å². The first-order valence-electron chi connectivity index (χ1n) is 5.80. The van der Waals surface area contributed by atoms with Gasteiger partial charge in [-0.2, -0.15) is 5.26 Å². The summed E-state index contributed by atoms with van der Waals surface area (Å²) in [4.78, 5) is 2.09. The number of hydrogen-bond donors (Lipinski definition) is 0. The summed E-state index contributed by atoms with van der Waals surface area (Å²) in [5.41, 5.74) is 0.944. The Hall–Kier alpha value is -1.08. The molecule has 1 unspecified atom stereocenters. The van der Waals surface area contributed by atoms with Crippen LogP contribution in [0.15, 0.2) is 16.6 Å². The zero-order valence-corrected chi connectivity index (χ0v) is 11.3. The molecule has 1 saturated heterocycles. The molecule has 4 heteroatoms. The zero-order valence-electron chi connectivity index (χ0n) is 9.71. The molecule has 0 bridgehead atoms. The van der Waals surface area contributed by atoms with Crippen molar-refractivity contribution < 1.29 is 4.39 Å². The highest BCUT2D eigenvalue weighted by Crippen LogP contribution is 2.32. The van der Waals surface area contributed by atoms with E-state index in [-0.39, 0.29) is 10.3 Å². The Balaban J connectivity index is 2.39. The monoisotopic (exact) mass is 296 g/mol. The number of benzene rings is 1. The van der Waals surface area contributed by atoms with Crippen molar-refractivity contribution in [3.05, 3.63) is 28.0 Å². The molecule has 1 aliphatic rings. The molecule has 17 heavy (non-hydrogen) atoms. The van der Waals surface area contributed by atoms with Gasteiger partial charge in [0.15, 0.2) is 5.82 Å². The van der Waals surface area contributed by atoms with E-state index in [9.17, 15) is 4.39 Å². The standard InChI is InChI=1S/C13H14BrFN2/c1-9-4-2-3-7-17(9)11-6-5-10(8-16)12(14)13(11)15/h5-6,9H,2-4,7H2,1H3. The Morgan fingerprint density at radius 2 is 2.24 bits per heavy atom. The van der Waals surface area contributed by atoms with Crippen LogP contribution in [0.1, 0.15) is 31.7 Å². The predicted molar refractivity (Wildman–Crippen MR) is 69.5 cm³/mol. The smallest absolute Gasteiger partial charge is 0.161 e. The fourth-order valence-electron chi connectivity index (χ4n) is 2.30. The number of anilines is 1. The average Bonchev–Trinajstić information content (AvgIpc) is 2.34. The van der Waals surface area contributed by atoms with E-state index in [2.05, 4.69) is 27.8 Å². The van der Waals surface area contributed by atoms with Crippen LogP contribution in [0.4, 0.5) is 10.1 Å². The lowest BCUT2D eigenvalue weighted by Crippen LogP contribution is -2.38. The highest BCUT2D eigenvalue weighted by Gasteiger charge is 2.23. The molecule has 1 aromatic rings. The molecule has 2 nitrogen and oxygen atoms in total. The highest BCUT2D eigenvalue weighted by molar-refractivity contribution is 9.10. The van der Waals surface area contributed by atoms with Gasteiger partial charge in [0, 0.05) is 12.6 Å². The summed E-state index contributed by atoms with van der Waals surface area (Å²) >= 11 is 3.15. The molecule has 1 aliphatic heterocycles. The number of hydrogen-bond acceptors (Lipinski definition) is 2. The summed E-state index contributed by atoms with van der Waals surface area (Å²) in [6.07, 6.45) is 3.40. The van der Waals surface area contributed by atoms with Crippen LogP contribution in [0.3, 0.4) is 0 Å². The van der Waals surface area contributed by atoms with E-state index in [0.29, 0.717) is 17.3 Å². The van der Waals surface area contributed by atoms with Crippen LogP contribution in [0.25, 0.3) is 0 Å². The van der Waals surface area contributed by atoms with Gasteiger partial charge in [0.25, 0.3) is 0 Å². The van der Waals surface area contributed by atoms with Gasteiger partial charge in [-0.15, -0.1) is 0 Å². The van der Waals surface area contributed by atoms with Crippen LogP contribution in [-0.4, -0.2) is 12.6 Å².